The number of hydrogen-bond donors (Lipinski definition) is 1. The van der Waals surface area contributed by atoms with E-state index in [0.29, 0.717) is 11.1 Å². The van der Waals surface area contributed by atoms with Gasteiger partial charge in [-0.2, -0.15) is 10.5 Å². The van der Waals surface area contributed by atoms with Crippen LogP contribution in [0.25, 0.3) is 32.3 Å². The Morgan fingerprint density at radius 3 is 1.85 bits per heavy atom. The zero-order chi connectivity index (χ0) is 27.1. The molecule has 186 valence electrons. The van der Waals surface area contributed by atoms with E-state index in [0.717, 1.165) is 55.4 Å². The van der Waals surface area contributed by atoms with Crippen LogP contribution in [0.1, 0.15) is 11.1 Å². The van der Waals surface area contributed by atoms with Crippen molar-refractivity contribution >= 4 is 60.8 Å². The predicted molar refractivity (Wildman–Crippen MR) is 164 cm³/mol. The summed E-state index contributed by atoms with van der Waals surface area (Å²) in [7, 11) is 0. The van der Waals surface area contributed by atoms with Gasteiger partial charge in [0.15, 0.2) is 0 Å². The van der Waals surface area contributed by atoms with E-state index in [1.807, 2.05) is 66.7 Å². The minimum Gasteiger partial charge on any atom is -0.354 e. The molecule has 0 fully saturated rings. The second-order valence-electron chi connectivity index (χ2n) is 9.70. The lowest BCUT2D eigenvalue weighted by atomic mass is 9.92. The van der Waals surface area contributed by atoms with Crippen LogP contribution in [0.3, 0.4) is 0 Å². The molecular formula is C36H22N4. The highest BCUT2D eigenvalue weighted by atomic mass is 15.1. The van der Waals surface area contributed by atoms with Gasteiger partial charge in [-0.1, -0.05) is 78.9 Å². The molecule has 0 bridgehead atoms. The Balaban J connectivity index is 1.50. The molecule has 0 aliphatic heterocycles. The van der Waals surface area contributed by atoms with Crippen molar-refractivity contribution in [1.82, 2.24) is 0 Å². The van der Waals surface area contributed by atoms with Crippen LogP contribution in [0, 0.1) is 22.7 Å². The van der Waals surface area contributed by atoms with Crippen molar-refractivity contribution in [2.45, 2.75) is 0 Å². The summed E-state index contributed by atoms with van der Waals surface area (Å²) in [4.78, 5) is 2.17. The van der Waals surface area contributed by atoms with Crippen LogP contribution in [0.15, 0.2) is 127 Å². The minimum atomic E-state index is 0.602. The zero-order valence-electron chi connectivity index (χ0n) is 21.5. The van der Waals surface area contributed by atoms with Crippen LogP contribution in [0.4, 0.5) is 28.4 Å². The molecule has 1 N–H and O–H groups in total. The molecule has 0 spiro atoms. The molecule has 7 aromatic rings. The summed E-state index contributed by atoms with van der Waals surface area (Å²) in [5, 5.41) is 29.9. The highest BCUT2D eigenvalue weighted by Crippen LogP contribution is 2.45. The molecule has 0 aromatic heterocycles. The summed E-state index contributed by atoms with van der Waals surface area (Å²) in [5.41, 5.74) is 5.76. The van der Waals surface area contributed by atoms with E-state index < -0.39 is 0 Å². The summed E-state index contributed by atoms with van der Waals surface area (Å²) in [6, 6.07) is 47.3. The highest BCUT2D eigenvalue weighted by molar-refractivity contribution is 6.27. The first-order valence-electron chi connectivity index (χ1n) is 13.1. The highest BCUT2D eigenvalue weighted by Gasteiger charge is 2.20. The van der Waals surface area contributed by atoms with Crippen LogP contribution in [0.2, 0.25) is 0 Å². The molecule has 0 saturated heterocycles. The third kappa shape index (κ3) is 3.68. The van der Waals surface area contributed by atoms with Gasteiger partial charge in [0.05, 0.1) is 28.2 Å². The van der Waals surface area contributed by atoms with Crippen molar-refractivity contribution in [1.29, 1.82) is 10.5 Å². The molecule has 7 rings (SSSR count). The number of anilines is 5. The summed E-state index contributed by atoms with van der Waals surface area (Å²) in [6.45, 7) is 0. The predicted octanol–water partition coefficient (Wildman–Crippen LogP) is 9.54. The maximum Gasteiger partial charge on any atom is 0.101 e. The average Bonchev–Trinajstić information content (AvgIpc) is 3.02. The number of para-hydroxylation sites is 3. The number of rotatable bonds is 5. The molecule has 7 aromatic carbocycles. The topological polar surface area (TPSA) is 62.9 Å². The van der Waals surface area contributed by atoms with Gasteiger partial charge in [0.2, 0.25) is 0 Å². The smallest absolute Gasteiger partial charge is 0.101 e. The number of nitrogens with zero attached hydrogens (tertiary/aromatic N) is 3. The van der Waals surface area contributed by atoms with E-state index in [2.05, 4.69) is 83.0 Å². The van der Waals surface area contributed by atoms with Crippen LogP contribution in [0.5, 0.6) is 0 Å². The largest absolute Gasteiger partial charge is 0.354 e. The number of benzene rings is 7. The van der Waals surface area contributed by atoms with Crippen molar-refractivity contribution in [3.8, 4) is 12.1 Å². The lowest BCUT2D eigenvalue weighted by Crippen LogP contribution is -2.12. The second kappa shape index (κ2) is 9.48. The van der Waals surface area contributed by atoms with Gasteiger partial charge in [-0.15, -0.1) is 0 Å². The fraction of sp³-hybridized carbons (Fsp3) is 0. The summed E-state index contributed by atoms with van der Waals surface area (Å²) in [5.74, 6) is 0. The summed E-state index contributed by atoms with van der Waals surface area (Å²) < 4.78 is 0. The van der Waals surface area contributed by atoms with Gasteiger partial charge in [-0.3, -0.25) is 0 Å². The maximum absolute atomic E-state index is 9.98. The third-order valence-corrected chi connectivity index (χ3v) is 7.48. The Labute approximate surface area is 231 Å². The van der Waals surface area contributed by atoms with E-state index in [1.165, 1.54) is 5.39 Å². The lowest BCUT2D eigenvalue weighted by Gasteiger charge is -2.28. The van der Waals surface area contributed by atoms with Gasteiger partial charge >= 0.3 is 0 Å². The van der Waals surface area contributed by atoms with Crippen LogP contribution < -0.4 is 10.2 Å². The van der Waals surface area contributed by atoms with E-state index in [-0.39, 0.29) is 0 Å². The molecule has 40 heavy (non-hydrogen) atoms. The average molecular weight is 511 g/mol. The molecule has 0 aliphatic carbocycles. The molecule has 4 heteroatoms. The molecule has 0 aliphatic rings. The Morgan fingerprint density at radius 1 is 0.475 bits per heavy atom. The number of nitrogens with one attached hydrogen (secondary N) is 1. The van der Waals surface area contributed by atoms with Gasteiger partial charge in [0, 0.05) is 22.1 Å². The first-order valence-corrected chi connectivity index (χ1v) is 13.1. The number of nitriles is 2. The molecule has 0 amide bonds. The van der Waals surface area contributed by atoms with Crippen molar-refractivity contribution < 1.29 is 0 Å². The van der Waals surface area contributed by atoms with Crippen LogP contribution in [-0.2, 0) is 0 Å². The monoisotopic (exact) mass is 510 g/mol. The van der Waals surface area contributed by atoms with Gasteiger partial charge in [0.1, 0.15) is 12.1 Å². The summed E-state index contributed by atoms with van der Waals surface area (Å²) in [6.07, 6.45) is 0. The van der Waals surface area contributed by atoms with Gasteiger partial charge in [-0.05, 0) is 70.1 Å². The van der Waals surface area contributed by atoms with Gasteiger partial charge in [0.25, 0.3) is 0 Å². The molecule has 0 saturated carbocycles. The summed E-state index contributed by atoms with van der Waals surface area (Å²) >= 11 is 0. The fourth-order valence-electron chi connectivity index (χ4n) is 5.67. The van der Waals surface area contributed by atoms with Crippen molar-refractivity contribution in [2.24, 2.45) is 0 Å². The molecular weight excluding hydrogens is 488 g/mol. The Hall–Kier alpha value is -5.84. The quantitative estimate of drug-likeness (QED) is 0.234. The first-order chi connectivity index (χ1) is 19.8. The van der Waals surface area contributed by atoms with Crippen molar-refractivity contribution in [2.75, 3.05) is 10.2 Å². The minimum absolute atomic E-state index is 0.602. The normalized spacial score (nSPS) is 10.9. The van der Waals surface area contributed by atoms with E-state index in [1.54, 1.807) is 0 Å². The van der Waals surface area contributed by atoms with Crippen LogP contribution >= 0.6 is 0 Å². The maximum atomic E-state index is 9.98. The number of hydrogen-bond acceptors (Lipinski definition) is 4. The Kier molecular flexibility index (Phi) is 5.52. The van der Waals surface area contributed by atoms with E-state index >= 15 is 0 Å². The van der Waals surface area contributed by atoms with E-state index in [9.17, 15) is 10.5 Å². The first kappa shape index (κ1) is 23.3. The molecule has 0 radical (unpaired) electrons. The SMILES string of the molecule is N#Cc1ccccc1Nc1ccc2ccc3c(N(c4ccccc4)c4ccccc4C#N)ccc4ccc1c2c43. The lowest BCUT2D eigenvalue weighted by molar-refractivity contribution is 1.28. The molecule has 0 atom stereocenters. The molecule has 4 nitrogen and oxygen atoms in total. The fourth-order valence-corrected chi connectivity index (χ4v) is 5.67. The van der Waals surface area contributed by atoms with Gasteiger partial charge < -0.3 is 10.2 Å². The molecule has 0 unspecified atom stereocenters. The van der Waals surface area contributed by atoms with Gasteiger partial charge in [-0.25, -0.2) is 0 Å². The van der Waals surface area contributed by atoms with Crippen LogP contribution in [-0.4, -0.2) is 0 Å². The Bertz CT molecular complexity index is 2120. The third-order valence-electron chi connectivity index (χ3n) is 7.48. The molecule has 0 heterocycles. The van der Waals surface area contributed by atoms with E-state index in [4.69, 9.17) is 0 Å². The Morgan fingerprint density at radius 2 is 1.07 bits per heavy atom. The standard InChI is InChI=1S/C36H22N4/c37-22-26-8-4-6-12-31(26)39-32-20-16-24-15-19-30-34(21-17-25-14-18-29(32)35(24)36(25)30)40(28-10-2-1-3-11-28)33-13-7-5-9-27(33)23-38/h1-21,39H. The van der Waals surface area contributed by atoms with Crippen molar-refractivity contribution in [3.05, 3.63) is 139 Å². The second-order valence-corrected chi connectivity index (χ2v) is 9.70. The zero-order valence-corrected chi connectivity index (χ0v) is 21.5. The van der Waals surface area contributed by atoms with Crippen molar-refractivity contribution in [3.63, 3.8) is 0 Å².